The van der Waals surface area contributed by atoms with E-state index in [4.69, 9.17) is 9.15 Å². The Bertz CT molecular complexity index is 831. The van der Waals surface area contributed by atoms with Gasteiger partial charge in [0.1, 0.15) is 17.6 Å². The zero-order valence-corrected chi connectivity index (χ0v) is 14.7. The Morgan fingerprint density at radius 3 is 2.71 bits per heavy atom. The van der Waals surface area contributed by atoms with Gasteiger partial charge in [0, 0.05) is 13.1 Å². The number of nitrogens with zero attached hydrogens (tertiary/aromatic N) is 4. The van der Waals surface area contributed by atoms with Gasteiger partial charge in [-0.1, -0.05) is 11.3 Å². The van der Waals surface area contributed by atoms with Crippen LogP contribution in [0.4, 0.5) is 0 Å². The average molecular weight is 348 g/mol. The molecule has 0 amide bonds. The smallest absolute Gasteiger partial charge is 0.230 e. The van der Waals surface area contributed by atoms with Gasteiger partial charge in [-0.15, -0.1) is 5.10 Å². The van der Waals surface area contributed by atoms with Crippen molar-refractivity contribution in [3.05, 3.63) is 34.9 Å². The van der Waals surface area contributed by atoms with Crippen molar-refractivity contribution < 1.29 is 14.3 Å². The van der Waals surface area contributed by atoms with E-state index in [0.29, 0.717) is 10.8 Å². The second-order valence-electron chi connectivity index (χ2n) is 6.27. The predicted molar refractivity (Wildman–Crippen MR) is 89.4 cm³/mol. The van der Waals surface area contributed by atoms with Crippen LogP contribution in [0.15, 0.2) is 22.8 Å². The van der Waals surface area contributed by atoms with E-state index in [2.05, 4.69) is 28.8 Å². The van der Waals surface area contributed by atoms with Gasteiger partial charge in [-0.25, -0.2) is 4.98 Å². The van der Waals surface area contributed by atoms with Crippen LogP contribution in [0.5, 0.6) is 5.88 Å². The molecule has 0 unspecified atom stereocenters. The summed E-state index contributed by atoms with van der Waals surface area (Å²) in [5, 5.41) is 15.0. The van der Waals surface area contributed by atoms with E-state index in [1.165, 1.54) is 15.9 Å². The van der Waals surface area contributed by atoms with Crippen LogP contribution in [-0.2, 0) is 4.74 Å². The van der Waals surface area contributed by atoms with Crippen molar-refractivity contribution in [3.8, 4) is 5.88 Å². The lowest BCUT2D eigenvalue weighted by molar-refractivity contribution is -0.0781. The molecule has 4 heterocycles. The van der Waals surface area contributed by atoms with E-state index in [1.807, 2.05) is 19.1 Å². The van der Waals surface area contributed by atoms with E-state index in [-0.39, 0.29) is 24.1 Å². The highest BCUT2D eigenvalue weighted by atomic mass is 32.1. The van der Waals surface area contributed by atoms with Gasteiger partial charge in [0.25, 0.3) is 0 Å². The number of ether oxygens (including phenoxy) is 1. The van der Waals surface area contributed by atoms with Crippen LogP contribution in [0, 0.1) is 6.92 Å². The Labute approximate surface area is 143 Å². The summed E-state index contributed by atoms with van der Waals surface area (Å²) in [6, 6.07) is 3.63. The molecular weight excluding hydrogens is 328 g/mol. The van der Waals surface area contributed by atoms with Crippen LogP contribution in [0.1, 0.15) is 36.4 Å². The van der Waals surface area contributed by atoms with E-state index < -0.39 is 0 Å². The molecule has 0 aromatic carbocycles. The lowest BCUT2D eigenvalue weighted by Gasteiger charge is -2.39. The number of hydrogen-bond acceptors (Lipinski definition) is 7. The standard InChI is InChI=1S/C16H20N4O3S/c1-9-7-19(8-10(2)23-9)13(12-5-4-6-22-12)14-15(21)20-16(24-14)17-11(3)18-20/h4-6,9-10,13,21H,7-8H2,1-3H3/t9-,10-,13+/m1/s1. The van der Waals surface area contributed by atoms with E-state index >= 15 is 0 Å². The quantitative estimate of drug-likeness (QED) is 0.784. The number of morpholine rings is 1. The van der Waals surface area contributed by atoms with Crippen molar-refractivity contribution in [1.29, 1.82) is 0 Å². The van der Waals surface area contributed by atoms with Gasteiger partial charge >= 0.3 is 0 Å². The topological polar surface area (TPSA) is 76.0 Å². The maximum Gasteiger partial charge on any atom is 0.230 e. The van der Waals surface area contributed by atoms with Crippen molar-refractivity contribution >= 4 is 16.3 Å². The molecule has 3 aromatic rings. The molecule has 1 aliphatic heterocycles. The third-order valence-corrected chi connectivity index (χ3v) is 5.25. The Balaban J connectivity index is 1.80. The van der Waals surface area contributed by atoms with Gasteiger partial charge in [-0.3, -0.25) is 4.90 Å². The molecule has 1 saturated heterocycles. The average Bonchev–Trinajstić information content (AvgIpc) is 3.20. The van der Waals surface area contributed by atoms with Crippen molar-refractivity contribution in [2.75, 3.05) is 13.1 Å². The fraction of sp³-hybridized carbons (Fsp3) is 0.500. The lowest BCUT2D eigenvalue weighted by atomic mass is 10.1. The number of aromatic hydroxyl groups is 1. The Kier molecular flexibility index (Phi) is 3.82. The van der Waals surface area contributed by atoms with Crippen molar-refractivity contribution in [2.45, 2.75) is 39.0 Å². The minimum atomic E-state index is -0.178. The number of hydrogen-bond donors (Lipinski definition) is 1. The molecule has 1 aliphatic rings. The Morgan fingerprint density at radius 1 is 1.33 bits per heavy atom. The van der Waals surface area contributed by atoms with Gasteiger partial charge in [-0.2, -0.15) is 4.52 Å². The van der Waals surface area contributed by atoms with Gasteiger partial charge in [0.05, 0.1) is 23.3 Å². The monoisotopic (exact) mass is 348 g/mol. The van der Waals surface area contributed by atoms with Gasteiger partial charge in [0.15, 0.2) is 0 Å². The number of furan rings is 1. The molecule has 24 heavy (non-hydrogen) atoms. The Hall–Kier alpha value is -1.90. The number of aromatic nitrogens is 3. The van der Waals surface area contributed by atoms with Crippen LogP contribution in [0.2, 0.25) is 0 Å². The van der Waals surface area contributed by atoms with Gasteiger partial charge in [-0.05, 0) is 32.9 Å². The predicted octanol–water partition coefficient (Wildman–Crippen LogP) is 2.60. The lowest BCUT2D eigenvalue weighted by Crippen LogP contribution is -2.47. The van der Waals surface area contributed by atoms with Crippen LogP contribution < -0.4 is 0 Å². The highest BCUT2D eigenvalue weighted by Crippen LogP contribution is 2.40. The van der Waals surface area contributed by atoms with E-state index in [1.54, 1.807) is 6.26 Å². The van der Waals surface area contributed by atoms with Gasteiger partial charge in [0.2, 0.25) is 10.8 Å². The number of fused-ring (bicyclic) bond motifs is 1. The molecule has 8 heteroatoms. The number of thiazole rings is 1. The summed E-state index contributed by atoms with van der Waals surface area (Å²) >= 11 is 1.44. The van der Waals surface area contributed by atoms with Crippen LogP contribution >= 0.6 is 11.3 Å². The summed E-state index contributed by atoms with van der Waals surface area (Å²) in [5.41, 5.74) is 0. The SMILES string of the molecule is Cc1nc2sc([C@H](c3ccco3)N3C[C@@H](C)O[C@H](C)C3)c(O)n2n1. The van der Waals surface area contributed by atoms with Crippen LogP contribution in [0.3, 0.4) is 0 Å². The molecule has 0 aliphatic carbocycles. The summed E-state index contributed by atoms with van der Waals surface area (Å²) in [6.07, 6.45) is 1.91. The molecule has 0 spiro atoms. The molecule has 7 nitrogen and oxygen atoms in total. The molecule has 0 bridgehead atoms. The minimum absolute atomic E-state index is 0.123. The minimum Gasteiger partial charge on any atom is -0.492 e. The molecule has 3 atom stereocenters. The first-order valence-corrected chi connectivity index (χ1v) is 8.82. The fourth-order valence-corrected chi connectivity index (χ4v) is 4.52. The van der Waals surface area contributed by atoms with Crippen LogP contribution in [0.25, 0.3) is 4.96 Å². The molecule has 3 aromatic heterocycles. The zero-order valence-electron chi connectivity index (χ0n) is 13.8. The highest BCUT2D eigenvalue weighted by Gasteiger charge is 2.35. The third-order valence-electron chi connectivity index (χ3n) is 4.18. The molecular formula is C16H20N4O3S. The first-order chi connectivity index (χ1) is 11.5. The molecule has 4 rings (SSSR count). The largest absolute Gasteiger partial charge is 0.492 e. The second-order valence-corrected chi connectivity index (χ2v) is 7.28. The summed E-state index contributed by atoms with van der Waals surface area (Å²) in [4.78, 5) is 8.14. The molecule has 128 valence electrons. The maximum atomic E-state index is 10.7. The van der Waals surface area contributed by atoms with Crippen LogP contribution in [-0.4, -0.2) is 49.9 Å². The first kappa shape index (κ1) is 15.6. The summed E-state index contributed by atoms with van der Waals surface area (Å²) in [7, 11) is 0. The van der Waals surface area contributed by atoms with E-state index in [9.17, 15) is 5.11 Å². The molecule has 0 saturated carbocycles. The highest BCUT2D eigenvalue weighted by molar-refractivity contribution is 7.17. The number of aryl methyl sites for hydroxylation is 1. The Morgan fingerprint density at radius 2 is 2.08 bits per heavy atom. The van der Waals surface area contributed by atoms with Crippen molar-refractivity contribution in [1.82, 2.24) is 19.5 Å². The number of rotatable bonds is 3. The molecule has 0 radical (unpaired) electrons. The van der Waals surface area contributed by atoms with E-state index in [0.717, 1.165) is 23.7 Å². The first-order valence-electron chi connectivity index (χ1n) is 8.01. The normalized spacial score (nSPS) is 23.8. The summed E-state index contributed by atoms with van der Waals surface area (Å²) in [6.45, 7) is 7.47. The van der Waals surface area contributed by atoms with Crippen molar-refractivity contribution in [2.24, 2.45) is 0 Å². The van der Waals surface area contributed by atoms with Gasteiger partial charge < -0.3 is 14.3 Å². The summed E-state index contributed by atoms with van der Waals surface area (Å²) in [5.74, 6) is 1.57. The summed E-state index contributed by atoms with van der Waals surface area (Å²) < 4.78 is 13.0. The zero-order chi connectivity index (χ0) is 16.8. The van der Waals surface area contributed by atoms with Crippen molar-refractivity contribution in [3.63, 3.8) is 0 Å². The molecule has 1 fully saturated rings. The fourth-order valence-electron chi connectivity index (χ4n) is 3.38. The third kappa shape index (κ3) is 2.60. The second kappa shape index (κ2) is 5.87. The molecule has 1 N–H and O–H groups in total. The maximum absolute atomic E-state index is 10.7.